The van der Waals surface area contributed by atoms with E-state index in [0.717, 1.165) is 6.42 Å². The molecule has 0 aliphatic rings. The molecule has 0 aliphatic heterocycles. The summed E-state index contributed by atoms with van der Waals surface area (Å²) >= 11 is 0. The van der Waals surface area contributed by atoms with Crippen molar-refractivity contribution >= 4 is 5.91 Å². The SMILES string of the molecule is CCCCC(CC(=O)NC(C)C)c1ccccc1. The van der Waals surface area contributed by atoms with Crippen molar-refractivity contribution in [1.29, 1.82) is 0 Å². The number of carbonyl (C=O) groups excluding carboxylic acids is 1. The Hall–Kier alpha value is -1.31. The minimum absolute atomic E-state index is 0.162. The molecule has 0 saturated carbocycles. The maximum Gasteiger partial charge on any atom is 0.220 e. The van der Waals surface area contributed by atoms with Gasteiger partial charge in [-0.1, -0.05) is 50.1 Å². The summed E-state index contributed by atoms with van der Waals surface area (Å²) in [7, 11) is 0. The van der Waals surface area contributed by atoms with Crippen molar-refractivity contribution in [1.82, 2.24) is 5.32 Å². The predicted molar refractivity (Wildman–Crippen MR) is 76.6 cm³/mol. The smallest absolute Gasteiger partial charge is 0.220 e. The fraction of sp³-hybridized carbons (Fsp3) is 0.562. The van der Waals surface area contributed by atoms with Gasteiger partial charge in [0.05, 0.1) is 0 Å². The largest absolute Gasteiger partial charge is 0.354 e. The third-order valence-corrected chi connectivity index (χ3v) is 3.06. The molecule has 0 spiro atoms. The predicted octanol–water partition coefficient (Wildman–Crippen LogP) is 3.88. The Morgan fingerprint density at radius 1 is 1.22 bits per heavy atom. The van der Waals surface area contributed by atoms with Gasteiger partial charge in [-0.2, -0.15) is 0 Å². The standard InChI is InChI=1S/C16H25NO/c1-4-5-9-15(12-16(18)17-13(2)3)14-10-7-6-8-11-14/h6-8,10-11,13,15H,4-5,9,12H2,1-3H3,(H,17,18). The van der Waals surface area contributed by atoms with Crippen LogP contribution in [0.25, 0.3) is 0 Å². The van der Waals surface area contributed by atoms with Crippen LogP contribution >= 0.6 is 0 Å². The summed E-state index contributed by atoms with van der Waals surface area (Å²) in [5, 5.41) is 2.98. The van der Waals surface area contributed by atoms with E-state index in [2.05, 4.69) is 36.5 Å². The van der Waals surface area contributed by atoms with E-state index in [1.54, 1.807) is 0 Å². The zero-order chi connectivity index (χ0) is 13.4. The third-order valence-electron chi connectivity index (χ3n) is 3.06. The van der Waals surface area contributed by atoms with Crippen LogP contribution < -0.4 is 5.32 Å². The van der Waals surface area contributed by atoms with Gasteiger partial charge in [0.15, 0.2) is 0 Å². The van der Waals surface area contributed by atoms with E-state index in [9.17, 15) is 4.79 Å². The molecular weight excluding hydrogens is 222 g/mol. The molecule has 1 amide bonds. The Labute approximate surface area is 111 Å². The number of hydrogen-bond donors (Lipinski definition) is 1. The van der Waals surface area contributed by atoms with Crippen LogP contribution in [0.2, 0.25) is 0 Å². The summed E-state index contributed by atoms with van der Waals surface area (Å²) in [4.78, 5) is 11.9. The van der Waals surface area contributed by atoms with Gasteiger partial charge in [-0.25, -0.2) is 0 Å². The van der Waals surface area contributed by atoms with Crippen molar-refractivity contribution in [2.75, 3.05) is 0 Å². The maximum absolute atomic E-state index is 11.9. The van der Waals surface area contributed by atoms with E-state index in [-0.39, 0.29) is 11.9 Å². The fourth-order valence-electron chi connectivity index (χ4n) is 2.17. The minimum atomic E-state index is 0.162. The summed E-state index contributed by atoms with van der Waals surface area (Å²) in [6.07, 6.45) is 4.04. The van der Waals surface area contributed by atoms with Crippen LogP contribution in [0.3, 0.4) is 0 Å². The summed E-state index contributed by atoms with van der Waals surface area (Å²) in [6, 6.07) is 10.6. The Morgan fingerprint density at radius 2 is 1.89 bits per heavy atom. The molecule has 0 saturated heterocycles. The Kier molecular flexibility index (Phi) is 6.48. The van der Waals surface area contributed by atoms with Gasteiger partial charge in [0, 0.05) is 12.5 Å². The highest BCUT2D eigenvalue weighted by Crippen LogP contribution is 2.25. The molecule has 0 radical (unpaired) electrons. The lowest BCUT2D eigenvalue weighted by atomic mass is 9.90. The van der Waals surface area contributed by atoms with Gasteiger partial charge in [-0.3, -0.25) is 4.79 Å². The summed E-state index contributed by atoms with van der Waals surface area (Å²) in [6.45, 7) is 6.19. The first kappa shape index (κ1) is 14.7. The van der Waals surface area contributed by atoms with Crippen LogP contribution in [0, 0.1) is 0 Å². The van der Waals surface area contributed by atoms with Crippen LogP contribution in [-0.4, -0.2) is 11.9 Å². The van der Waals surface area contributed by atoms with Crippen LogP contribution in [0.1, 0.15) is 57.9 Å². The molecule has 0 heterocycles. The van der Waals surface area contributed by atoms with Crippen LogP contribution in [0.15, 0.2) is 30.3 Å². The summed E-state index contributed by atoms with van der Waals surface area (Å²) in [5.74, 6) is 0.514. The second-order valence-corrected chi connectivity index (χ2v) is 5.18. The molecule has 2 heteroatoms. The fourth-order valence-corrected chi connectivity index (χ4v) is 2.17. The van der Waals surface area contributed by atoms with E-state index < -0.39 is 0 Å². The van der Waals surface area contributed by atoms with E-state index >= 15 is 0 Å². The first-order chi connectivity index (χ1) is 8.63. The first-order valence-electron chi connectivity index (χ1n) is 6.97. The number of hydrogen-bond acceptors (Lipinski definition) is 1. The number of unbranched alkanes of at least 4 members (excludes halogenated alkanes) is 1. The molecule has 0 fully saturated rings. The monoisotopic (exact) mass is 247 g/mol. The number of carbonyl (C=O) groups is 1. The number of amides is 1. The van der Waals surface area contributed by atoms with Gasteiger partial charge in [0.25, 0.3) is 0 Å². The van der Waals surface area contributed by atoms with Gasteiger partial charge >= 0.3 is 0 Å². The molecule has 1 N–H and O–H groups in total. The zero-order valence-corrected chi connectivity index (χ0v) is 11.8. The molecule has 1 aromatic carbocycles. The van der Waals surface area contributed by atoms with Crippen LogP contribution in [0.4, 0.5) is 0 Å². The average molecular weight is 247 g/mol. The van der Waals surface area contributed by atoms with Crippen molar-refractivity contribution in [3.8, 4) is 0 Å². The highest BCUT2D eigenvalue weighted by atomic mass is 16.1. The average Bonchev–Trinajstić information content (AvgIpc) is 2.34. The van der Waals surface area contributed by atoms with Crippen molar-refractivity contribution in [2.45, 2.75) is 58.4 Å². The van der Waals surface area contributed by atoms with Gasteiger partial charge in [0.2, 0.25) is 5.91 Å². The van der Waals surface area contributed by atoms with E-state index in [0.29, 0.717) is 12.3 Å². The molecule has 1 unspecified atom stereocenters. The van der Waals surface area contributed by atoms with Crippen molar-refractivity contribution < 1.29 is 4.79 Å². The number of benzene rings is 1. The molecule has 0 aromatic heterocycles. The molecule has 0 bridgehead atoms. The highest BCUT2D eigenvalue weighted by molar-refractivity contribution is 5.77. The molecular formula is C16H25NO. The quantitative estimate of drug-likeness (QED) is 0.778. The first-order valence-corrected chi connectivity index (χ1v) is 6.97. The molecule has 2 nitrogen and oxygen atoms in total. The Bertz CT molecular complexity index is 345. The second kappa shape index (κ2) is 7.91. The normalized spacial score (nSPS) is 12.4. The number of nitrogens with one attached hydrogen (secondary N) is 1. The number of rotatable bonds is 7. The highest BCUT2D eigenvalue weighted by Gasteiger charge is 2.15. The van der Waals surface area contributed by atoms with Crippen LogP contribution in [-0.2, 0) is 4.79 Å². The van der Waals surface area contributed by atoms with Crippen LogP contribution in [0.5, 0.6) is 0 Å². The van der Waals surface area contributed by atoms with E-state index in [1.165, 1.54) is 18.4 Å². The Balaban J connectivity index is 2.64. The zero-order valence-electron chi connectivity index (χ0n) is 11.8. The lowest BCUT2D eigenvalue weighted by molar-refractivity contribution is -0.122. The van der Waals surface area contributed by atoms with E-state index in [1.807, 2.05) is 19.9 Å². The topological polar surface area (TPSA) is 29.1 Å². The van der Waals surface area contributed by atoms with Crippen molar-refractivity contribution in [3.63, 3.8) is 0 Å². The van der Waals surface area contributed by atoms with Crippen molar-refractivity contribution in [2.24, 2.45) is 0 Å². The second-order valence-electron chi connectivity index (χ2n) is 5.18. The van der Waals surface area contributed by atoms with Gasteiger partial charge in [0.1, 0.15) is 0 Å². The lowest BCUT2D eigenvalue weighted by Crippen LogP contribution is -2.31. The summed E-state index contributed by atoms with van der Waals surface area (Å²) in [5.41, 5.74) is 1.28. The molecule has 18 heavy (non-hydrogen) atoms. The molecule has 100 valence electrons. The minimum Gasteiger partial charge on any atom is -0.354 e. The van der Waals surface area contributed by atoms with E-state index in [4.69, 9.17) is 0 Å². The Morgan fingerprint density at radius 3 is 2.44 bits per heavy atom. The van der Waals surface area contributed by atoms with Gasteiger partial charge < -0.3 is 5.32 Å². The van der Waals surface area contributed by atoms with Gasteiger partial charge in [-0.05, 0) is 31.7 Å². The van der Waals surface area contributed by atoms with Crippen molar-refractivity contribution in [3.05, 3.63) is 35.9 Å². The lowest BCUT2D eigenvalue weighted by Gasteiger charge is -2.18. The van der Waals surface area contributed by atoms with Gasteiger partial charge in [-0.15, -0.1) is 0 Å². The maximum atomic E-state index is 11.9. The molecule has 1 atom stereocenters. The molecule has 0 aliphatic carbocycles. The third kappa shape index (κ3) is 5.35. The molecule has 1 rings (SSSR count). The molecule has 1 aromatic rings. The summed E-state index contributed by atoms with van der Waals surface area (Å²) < 4.78 is 0.